The minimum atomic E-state index is -1.56. The molecule has 2 N–H and O–H groups in total. The number of hydrogen-bond donors (Lipinski definition) is 1. The number of esters is 2. The summed E-state index contributed by atoms with van der Waals surface area (Å²) in [6.45, 7) is 5.97. The molecule has 5 atom stereocenters. The zero-order chi connectivity index (χ0) is 22.6. The summed E-state index contributed by atoms with van der Waals surface area (Å²) in [5.41, 5.74) is 5.57. The third-order valence-corrected chi connectivity index (χ3v) is 6.06. The van der Waals surface area contributed by atoms with E-state index >= 15 is 0 Å². The van der Waals surface area contributed by atoms with Gasteiger partial charge in [-0.3, -0.25) is 14.1 Å². The highest BCUT2D eigenvalue weighted by molar-refractivity contribution is 9.09. The van der Waals surface area contributed by atoms with Crippen LogP contribution in [0, 0.1) is 0 Å². The summed E-state index contributed by atoms with van der Waals surface area (Å²) in [6.07, 6.45) is 0.722. The van der Waals surface area contributed by atoms with Crippen molar-refractivity contribution in [2.45, 2.75) is 62.5 Å². The van der Waals surface area contributed by atoms with Gasteiger partial charge in [0.25, 0.3) is 0 Å². The number of imidazole rings is 1. The lowest BCUT2D eigenvalue weighted by Crippen LogP contribution is -2.38. The van der Waals surface area contributed by atoms with E-state index in [4.69, 9.17) is 29.4 Å². The van der Waals surface area contributed by atoms with E-state index < -0.39 is 46.8 Å². The van der Waals surface area contributed by atoms with Crippen LogP contribution in [0.5, 0.6) is 0 Å². The Morgan fingerprint density at radius 3 is 2.71 bits per heavy atom. The molecular formula is C18H22BrN5O7. The Labute approximate surface area is 185 Å². The van der Waals surface area contributed by atoms with Crippen LogP contribution < -0.4 is 5.73 Å². The SMILES string of the molecule is CC(=O)O[C@H]1[C@@H](Br)[C@@H](COC2(C)OC(=O)C(C)(C)O2)O[C@H]1n1cnc2c(N)ncnc21. The molecule has 0 bridgehead atoms. The Bertz CT molecular complexity index is 1030. The fourth-order valence-corrected chi connectivity index (χ4v) is 4.18. The van der Waals surface area contributed by atoms with Crippen molar-refractivity contribution in [3.05, 3.63) is 12.7 Å². The van der Waals surface area contributed by atoms with E-state index in [0.717, 1.165) is 0 Å². The first-order valence-electron chi connectivity index (χ1n) is 9.48. The van der Waals surface area contributed by atoms with E-state index in [1.54, 1.807) is 18.4 Å². The molecule has 0 spiro atoms. The van der Waals surface area contributed by atoms with Crippen molar-refractivity contribution in [2.75, 3.05) is 12.3 Å². The third kappa shape index (κ3) is 3.97. The maximum Gasteiger partial charge on any atom is 0.342 e. The Balaban J connectivity index is 1.56. The molecule has 31 heavy (non-hydrogen) atoms. The molecule has 2 aromatic heterocycles. The van der Waals surface area contributed by atoms with Gasteiger partial charge in [0.2, 0.25) is 0 Å². The molecule has 2 aromatic rings. The lowest BCUT2D eigenvalue weighted by atomic mass is 10.1. The van der Waals surface area contributed by atoms with Crippen LogP contribution in [0.2, 0.25) is 0 Å². The number of nitrogens with two attached hydrogens (primary N) is 1. The number of carbonyl (C=O) groups excluding carboxylic acids is 2. The molecule has 0 amide bonds. The van der Waals surface area contributed by atoms with Crippen molar-refractivity contribution in [1.29, 1.82) is 0 Å². The van der Waals surface area contributed by atoms with Gasteiger partial charge in [0, 0.05) is 13.8 Å². The minimum absolute atomic E-state index is 0.0200. The number of ether oxygens (including phenoxy) is 5. The Morgan fingerprint density at radius 2 is 2.06 bits per heavy atom. The highest BCUT2D eigenvalue weighted by Crippen LogP contribution is 2.39. The van der Waals surface area contributed by atoms with Crippen LogP contribution in [0.3, 0.4) is 0 Å². The number of aromatic nitrogens is 4. The molecule has 12 nitrogen and oxygen atoms in total. The number of rotatable bonds is 5. The van der Waals surface area contributed by atoms with Crippen molar-refractivity contribution in [3.8, 4) is 0 Å². The van der Waals surface area contributed by atoms with E-state index in [2.05, 4.69) is 30.9 Å². The van der Waals surface area contributed by atoms with Gasteiger partial charge in [0.05, 0.1) is 17.8 Å². The van der Waals surface area contributed by atoms with Crippen molar-refractivity contribution in [2.24, 2.45) is 0 Å². The van der Waals surface area contributed by atoms with Crippen molar-refractivity contribution >= 4 is 44.9 Å². The first-order valence-corrected chi connectivity index (χ1v) is 10.4. The minimum Gasteiger partial charge on any atom is -0.456 e. The first-order chi connectivity index (χ1) is 14.5. The second kappa shape index (κ2) is 7.65. The van der Waals surface area contributed by atoms with Gasteiger partial charge in [0.15, 0.2) is 29.4 Å². The van der Waals surface area contributed by atoms with Crippen LogP contribution in [0.25, 0.3) is 11.2 Å². The van der Waals surface area contributed by atoms with Gasteiger partial charge in [-0.15, -0.1) is 0 Å². The molecule has 2 aliphatic rings. The molecule has 2 fully saturated rings. The standard InChI is InChI=1S/C18H22BrN5O7/c1-8(25)28-12-10(19)9(5-27-18(4)30-16(26)17(2,3)31-18)29-15(12)24-7-23-11-13(20)21-6-22-14(11)24/h6-7,9-10,12,15H,5H2,1-4H3,(H2,20,21,22)/t9-,10+,12+,15-,18?/m1/s1. The predicted octanol–water partition coefficient (Wildman–Crippen LogP) is 1.04. The lowest BCUT2D eigenvalue weighted by Gasteiger charge is -2.25. The summed E-state index contributed by atoms with van der Waals surface area (Å²) in [5.74, 6) is -2.35. The Morgan fingerprint density at radius 1 is 1.32 bits per heavy atom. The highest BCUT2D eigenvalue weighted by Gasteiger charge is 2.53. The highest BCUT2D eigenvalue weighted by atomic mass is 79.9. The number of carbonyl (C=O) groups is 2. The molecule has 0 radical (unpaired) electrons. The van der Waals surface area contributed by atoms with Gasteiger partial charge in [-0.2, -0.15) is 0 Å². The van der Waals surface area contributed by atoms with Crippen LogP contribution in [0.4, 0.5) is 5.82 Å². The molecule has 0 aromatic carbocycles. The summed E-state index contributed by atoms with van der Waals surface area (Å²) in [4.78, 5) is 35.6. The molecule has 2 aliphatic heterocycles. The zero-order valence-corrected chi connectivity index (χ0v) is 18.9. The van der Waals surface area contributed by atoms with E-state index in [1.165, 1.54) is 26.5 Å². The number of alkyl halides is 1. The number of fused-ring (bicyclic) bond motifs is 1. The predicted molar refractivity (Wildman–Crippen MR) is 108 cm³/mol. The molecule has 168 valence electrons. The number of halogens is 1. The van der Waals surface area contributed by atoms with Gasteiger partial charge >= 0.3 is 17.9 Å². The Kier molecular flexibility index (Phi) is 5.40. The van der Waals surface area contributed by atoms with Crippen LogP contribution in [0.1, 0.15) is 33.9 Å². The van der Waals surface area contributed by atoms with Gasteiger partial charge < -0.3 is 24.7 Å². The smallest absolute Gasteiger partial charge is 0.342 e. The molecule has 1 unspecified atom stereocenters. The maximum atomic E-state index is 11.9. The average Bonchev–Trinajstić information content (AvgIpc) is 3.28. The van der Waals surface area contributed by atoms with Crippen molar-refractivity contribution < 1.29 is 33.3 Å². The number of nitrogen functional groups attached to an aromatic ring is 1. The monoisotopic (exact) mass is 499 g/mol. The molecule has 0 aliphatic carbocycles. The van der Waals surface area contributed by atoms with E-state index in [9.17, 15) is 9.59 Å². The molecule has 13 heteroatoms. The van der Waals surface area contributed by atoms with Crippen LogP contribution in [-0.2, 0) is 33.3 Å². The van der Waals surface area contributed by atoms with E-state index in [-0.39, 0.29) is 12.4 Å². The molecular weight excluding hydrogens is 478 g/mol. The molecule has 0 saturated carbocycles. The maximum absolute atomic E-state index is 11.9. The normalized spacial score (nSPS) is 32.4. The van der Waals surface area contributed by atoms with Crippen LogP contribution >= 0.6 is 15.9 Å². The number of nitrogens with zero attached hydrogens (tertiary/aromatic N) is 4. The topological polar surface area (TPSA) is 150 Å². The fraction of sp³-hybridized carbons (Fsp3) is 0.611. The van der Waals surface area contributed by atoms with E-state index in [0.29, 0.717) is 11.2 Å². The summed E-state index contributed by atoms with van der Waals surface area (Å²) < 4.78 is 29.9. The third-order valence-electron chi connectivity index (χ3n) is 4.95. The van der Waals surface area contributed by atoms with Crippen LogP contribution in [-0.4, -0.2) is 66.7 Å². The zero-order valence-electron chi connectivity index (χ0n) is 17.3. The molecule has 4 rings (SSSR count). The number of cyclic esters (lactones) is 1. The lowest BCUT2D eigenvalue weighted by molar-refractivity contribution is -0.334. The summed E-state index contributed by atoms with van der Waals surface area (Å²) in [5, 5.41) is 0. The average molecular weight is 500 g/mol. The van der Waals surface area contributed by atoms with Crippen LogP contribution in [0.15, 0.2) is 12.7 Å². The van der Waals surface area contributed by atoms with E-state index in [1.807, 2.05) is 0 Å². The second-order valence-corrected chi connectivity index (χ2v) is 8.90. The van der Waals surface area contributed by atoms with Gasteiger partial charge in [-0.05, 0) is 13.8 Å². The summed E-state index contributed by atoms with van der Waals surface area (Å²) >= 11 is 3.54. The second-order valence-electron chi connectivity index (χ2n) is 7.84. The summed E-state index contributed by atoms with van der Waals surface area (Å²) in [6, 6.07) is 0. The first kappa shape index (κ1) is 21.9. The number of hydrogen-bond acceptors (Lipinski definition) is 11. The fourth-order valence-electron chi connectivity index (χ4n) is 3.54. The van der Waals surface area contributed by atoms with Gasteiger partial charge in [-0.1, -0.05) is 15.9 Å². The molecule has 4 heterocycles. The number of anilines is 1. The van der Waals surface area contributed by atoms with Gasteiger partial charge in [-0.25, -0.2) is 19.7 Å². The largest absolute Gasteiger partial charge is 0.456 e. The molecule has 2 saturated heterocycles. The van der Waals surface area contributed by atoms with Crippen molar-refractivity contribution in [3.63, 3.8) is 0 Å². The van der Waals surface area contributed by atoms with Crippen molar-refractivity contribution in [1.82, 2.24) is 19.5 Å². The summed E-state index contributed by atoms with van der Waals surface area (Å²) in [7, 11) is 0. The Hall–Kier alpha value is -2.35. The van der Waals surface area contributed by atoms with Gasteiger partial charge in [0.1, 0.15) is 17.9 Å². The quantitative estimate of drug-likeness (QED) is 0.463.